The van der Waals surface area contributed by atoms with Crippen LogP contribution >= 0.6 is 123 Å². The maximum atomic E-state index is 12.1. The fourth-order valence-electron chi connectivity index (χ4n) is 7.02. The molecule has 0 aromatic heterocycles. The molecule has 2 heterocycles. The van der Waals surface area contributed by atoms with Crippen LogP contribution in [-0.2, 0) is 69.5 Å². The molecule has 0 aliphatic carbocycles. The number of hydrogen-bond donors (Lipinski definition) is 2. The van der Waals surface area contributed by atoms with Crippen LogP contribution in [0.1, 0.15) is 138 Å². The van der Waals surface area contributed by atoms with Gasteiger partial charge in [0.2, 0.25) is 0 Å². The standard InChI is InChI=1S/C29H62O8SSi3.C29H60O6SSi3.5HI.2V/c1-20(31)38-19-22-23(35-39(11,12)27(2,3)4)24(36-40(13,14)28(5,6)7)25(37-41(15,16)29(8,9)10)26(34-22)33-18-21(32)17-30;1-18-19-31-26-25(35-39(16,17)29(9,10)11)24(34-38(14,15)28(6,7)8)23(22(32-26)20-36-21(2)30)33-37(12,13)27(3,4)5;;;;;;;/h21-26,30,32H,17-19H2,1-16H3;18,22-26H,1,19-20H2,2-17H3;5*1H;;/q;;;;;;;+2;+3/p-5. The molecule has 2 fully saturated rings. The van der Waals surface area contributed by atoms with E-state index in [-0.39, 0.29) is 52.0 Å². The van der Waals surface area contributed by atoms with Gasteiger partial charge in [-0.3, -0.25) is 9.59 Å². The molecule has 2 N–H and O–H groups in total. The molecular formula is C58H122I5O14S2Si6V2. The molecule has 0 amide bonds. The number of thioether (sulfide) groups is 2. The average Bonchev–Trinajstić information content (AvgIpc) is 1.46. The van der Waals surface area contributed by atoms with Crippen LogP contribution in [0.25, 0.3) is 0 Å². The summed E-state index contributed by atoms with van der Waals surface area (Å²) >= 11 is 14.6. The number of ether oxygens (including phenoxy) is 4. The molecule has 11 unspecified atom stereocenters. The summed E-state index contributed by atoms with van der Waals surface area (Å²) in [5.74, 6) is 0.841. The Balaban J connectivity index is 0. The summed E-state index contributed by atoms with van der Waals surface area (Å²) in [4.78, 5) is 23.9. The second-order valence-corrected chi connectivity index (χ2v) is 110. The van der Waals surface area contributed by atoms with Crippen molar-refractivity contribution in [2.45, 2.75) is 315 Å². The monoisotopic (exact) mass is 2010 g/mol. The van der Waals surface area contributed by atoms with Gasteiger partial charge in [-0.05, 0) is 109 Å². The predicted octanol–water partition coefficient (Wildman–Crippen LogP) is 19.3. The van der Waals surface area contributed by atoms with Crippen LogP contribution in [0.15, 0.2) is 12.7 Å². The van der Waals surface area contributed by atoms with Crippen molar-refractivity contribution in [3.8, 4) is 0 Å². The summed E-state index contributed by atoms with van der Waals surface area (Å²) in [5, 5.41) is 19.4. The van der Waals surface area contributed by atoms with Crippen molar-refractivity contribution in [3.63, 3.8) is 0 Å². The van der Waals surface area contributed by atoms with Crippen molar-refractivity contribution in [3.05, 3.63) is 12.7 Å². The van der Waals surface area contributed by atoms with Crippen LogP contribution in [0.3, 0.4) is 0 Å². The van der Waals surface area contributed by atoms with Crippen LogP contribution in [-0.4, -0.2) is 169 Å². The number of carbonyl (C=O) groups excluding carboxylic acids is 2. The predicted molar refractivity (Wildman–Crippen MR) is 421 cm³/mol. The van der Waals surface area contributed by atoms with Gasteiger partial charge in [-0.15, -0.1) is 6.58 Å². The number of halogens is 5. The molecule has 0 saturated carbocycles. The molecule has 0 aromatic carbocycles. The van der Waals surface area contributed by atoms with Crippen molar-refractivity contribution in [2.75, 3.05) is 31.3 Å². The zero-order valence-corrected chi connectivity index (χ0v) is 80.8. The Kier molecular flexibility index (Phi) is 42.4. The quantitative estimate of drug-likeness (QED) is 0.0563. The van der Waals surface area contributed by atoms with Crippen molar-refractivity contribution in [1.82, 2.24) is 0 Å². The normalized spacial score (nSPS) is 24.6. The van der Waals surface area contributed by atoms with Crippen LogP contribution in [0, 0.1) is 0 Å². The van der Waals surface area contributed by atoms with Gasteiger partial charge in [0, 0.05) is 25.4 Å². The van der Waals surface area contributed by atoms with Crippen molar-refractivity contribution in [2.24, 2.45) is 0 Å². The summed E-state index contributed by atoms with van der Waals surface area (Å²) in [5.41, 5.74) is 0. The van der Waals surface area contributed by atoms with Gasteiger partial charge in [-0.2, -0.15) is 0 Å². The first-order chi connectivity index (χ1) is 38.6. The van der Waals surface area contributed by atoms with Gasteiger partial charge in [0.1, 0.15) is 30.5 Å². The van der Waals surface area contributed by atoms with E-state index >= 15 is 0 Å². The molecule has 2 rings (SSSR count). The van der Waals surface area contributed by atoms with Crippen LogP contribution < -0.4 is 0 Å². The minimum absolute atomic E-state index is 0.00522. The number of hydrogen-bond acceptors (Lipinski definition) is 16. The topological polar surface area (TPSA) is 167 Å². The molecule has 2 saturated heterocycles. The minimum atomic E-state index is -2.38. The van der Waals surface area contributed by atoms with E-state index in [1.807, 2.05) is 0 Å². The second kappa shape index (κ2) is 39.0. The average molecular weight is 2010 g/mol. The third-order valence-electron chi connectivity index (χ3n) is 18.5. The SMILES string of the molecule is C=CCOC1OC(CSC(C)=O)C(O[Si](C)(C)C(C)(C)C)C(O[Si](C)(C)C(C)(C)C)C1O[Si](C)(C)C(C)(C)C.CC(=O)SCC1OC(OCC(O)CO)C(O[Si](C)(C)C(C)(C)C)C(O[Si](C)(C)C(C)(C)C)C1O[Si](C)(C)C(C)(C)C.[I][V]([I])[I].[I][V][I]. The van der Waals surface area contributed by atoms with Crippen LogP contribution in [0.2, 0.25) is 109 Å². The van der Waals surface area contributed by atoms with E-state index in [1.54, 1.807) is 19.9 Å². The van der Waals surface area contributed by atoms with E-state index < -0.39 is 124 Å². The van der Waals surface area contributed by atoms with E-state index in [2.05, 4.69) is 310 Å². The summed E-state index contributed by atoms with van der Waals surface area (Å²) in [6.45, 7) is 73.6. The van der Waals surface area contributed by atoms with E-state index in [0.717, 1.165) is 0 Å². The molecule has 519 valence electrons. The van der Waals surface area contributed by atoms with E-state index in [0.29, 0.717) is 27.6 Å². The molecule has 0 bridgehead atoms. The van der Waals surface area contributed by atoms with Gasteiger partial charge in [-0.1, -0.05) is 154 Å². The molecule has 14 nitrogen and oxygen atoms in total. The fraction of sp³-hybridized carbons (Fsp3) is 0.931. The molecule has 0 spiro atoms. The van der Waals surface area contributed by atoms with Crippen LogP contribution in [0.5, 0.6) is 0 Å². The second-order valence-electron chi connectivity index (χ2n) is 31.8. The van der Waals surface area contributed by atoms with Gasteiger partial charge < -0.3 is 55.7 Å². The Labute approximate surface area is 613 Å². The Morgan fingerprint density at radius 1 is 0.506 bits per heavy atom. The Hall–Kier alpha value is 5.42. The molecule has 87 heavy (non-hydrogen) atoms. The van der Waals surface area contributed by atoms with Gasteiger partial charge >= 0.3 is 114 Å². The van der Waals surface area contributed by atoms with Gasteiger partial charge in [0.15, 0.2) is 72.7 Å². The number of aliphatic hydroxyl groups excluding tert-OH is 2. The maximum absolute atomic E-state index is 12.1. The summed E-state index contributed by atoms with van der Waals surface area (Å²) < 4.78 is 68.9. The third kappa shape index (κ3) is 32.3. The first-order valence-corrected chi connectivity index (χ1v) is 72.0. The van der Waals surface area contributed by atoms with Gasteiger partial charge in [0.05, 0.1) is 44.2 Å². The van der Waals surface area contributed by atoms with Gasteiger partial charge in [0.25, 0.3) is 0 Å². The molecule has 11 atom stereocenters. The zero-order chi connectivity index (χ0) is 69.5. The summed E-state index contributed by atoms with van der Waals surface area (Å²) in [6.07, 6.45) is -4.71. The molecule has 0 radical (unpaired) electrons. The fourth-order valence-corrected chi connectivity index (χ4v) is 16.2. The summed E-state index contributed by atoms with van der Waals surface area (Å²) in [7, 11) is -13.3. The first kappa shape index (κ1) is 94.5. The van der Waals surface area contributed by atoms with Crippen molar-refractivity contribution in [1.29, 1.82) is 0 Å². The molecule has 0 aromatic rings. The molecular weight excluding hydrogens is 1890 g/mol. The molecule has 2 aliphatic rings. The first-order valence-electron chi connectivity index (χ1n) is 30.1. The zero-order valence-electron chi connectivity index (χ0n) is 59.6. The number of aliphatic hydroxyl groups is 2. The number of rotatable bonds is 23. The molecule has 29 heteroatoms. The molecule has 2 aliphatic heterocycles. The van der Waals surface area contributed by atoms with E-state index in [4.69, 9.17) is 45.5 Å². The Morgan fingerprint density at radius 2 is 0.724 bits per heavy atom. The van der Waals surface area contributed by atoms with Crippen molar-refractivity contribution < 1.29 is 79.7 Å². The van der Waals surface area contributed by atoms with Crippen molar-refractivity contribution >= 4 is 184 Å². The third-order valence-corrected chi connectivity index (χ3v) is 47.2. The summed E-state index contributed by atoms with van der Waals surface area (Å²) in [6, 6.07) is 0. The van der Waals surface area contributed by atoms with Gasteiger partial charge in [-0.25, -0.2) is 0 Å². The Bertz CT molecular complexity index is 2050. The number of carbonyl (C=O) groups is 2. The van der Waals surface area contributed by atoms with E-state index in [1.165, 1.54) is 23.5 Å². The van der Waals surface area contributed by atoms with Crippen LogP contribution in [0.4, 0.5) is 0 Å². The Morgan fingerprint density at radius 3 is 0.931 bits per heavy atom. The van der Waals surface area contributed by atoms with E-state index in [9.17, 15) is 19.8 Å².